The highest BCUT2D eigenvalue weighted by molar-refractivity contribution is 8.15. The molecule has 1 aromatic rings. The SMILES string of the molecule is Cc1ccc(NC(=O)CC2SC3=NCCCN3C2=O)cc1Cl. The number of amides is 2. The quantitative estimate of drug-likeness (QED) is 0.922. The molecule has 0 bridgehead atoms. The zero-order chi connectivity index (χ0) is 15.7. The molecule has 116 valence electrons. The summed E-state index contributed by atoms with van der Waals surface area (Å²) >= 11 is 7.43. The lowest BCUT2D eigenvalue weighted by molar-refractivity contribution is -0.128. The molecule has 2 aliphatic heterocycles. The zero-order valence-electron chi connectivity index (χ0n) is 12.1. The van der Waals surface area contributed by atoms with Gasteiger partial charge in [0.25, 0.3) is 0 Å². The van der Waals surface area contributed by atoms with Gasteiger partial charge < -0.3 is 5.32 Å². The molecule has 3 rings (SSSR count). The number of benzene rings is 1. The molecular formula is C15H16ClN3O2S. The number of rotatable bonds is 3. The average molecular weight is 338 g/mol. The van der Waals surface area contributed by atoms with Crippen LogP contribution in [0.25, 0.3) is 0 Å². The van der Waals surface area contributed by atoms with Crippen LogP contribution in [0, 0.1) is 6.92 Å². The minimum Gasteiger partial charge on any atom is -0.326 e. The Morgan fingerprint density at radius 3 is 3.09 bits per heavy atom. The number of hydrogen-bond acceptors (Lipinski definition) is 4. The molecule has 7 heteroatoms. The molecule has 1 atom stereocenters. The number of aliphatic imine (C=N–C) groups is 1. The number of halogens is 1. The summed E-state index contributed by atoms with van der Waals surface area (Å²) in [5, 5.41) is 3.78. The van der Waals surface area contributed by atoms with Gasteiger partial charge >= 0.3 is 0 Å². The molecule has 1 fully saturated rings. The van der Waals surface area contributed by atoms with Crippen LogP contribution < -0.4 is 5.32 Å². The molecular weight excluding hydrogens is 322 g/mol. The van der Waals surface area contributed by atoms with E-state index in [2.05, 4.69) is 10.3 Å². The van der Waals surface area contributed by atoms with Crippen molar-refractivity contribution in [2.24, 2.45) is 4.99 Å². The Kier molecular flexibility index (Phi) is 4.40. The highest BCUT2D eigenvalue weighted by atomic mass is 35.5. The summed E-state index contributed by atoms with van der Waals surface area (Å²) < 4.78 is 0. The molecule has 5 nitrogen and oxygen atoms in total. The number of fused-ring (bicyclic) bond motifs is 1. The summed E-state index contributed by atoms with van der Waals surface area (Å²) in [6, 6.07) is 5.37. The third-order valence-electron chi connectivity index (χ3n) is 3.63. The monoisotopic (exact) mass is 337 g/mol. The Bertz CT molecular complexity index is 662. The number of nitrogens with zero attached hydrogens (tertiary/aromatic N) is 2. The predicted octanol–water partition coefficient (Wildman–Crippen LogP) is 2.68. The van der Waals surface area contributed by atoms with E-state index >= 15 is 0 Å². The van der Waals surface area contributed by atoms with E-state index in [9.17, 15) is 9.59 Å². The third-order valence-corrected chi connectivity index (χ3v) is 5.25. The van der Waals surface area contributed by atoms with Gasteiger partial charge in [0.15, 0.2) is 5.17 Å². The van der Waals surface area contributed by atoms with E-state index < -0.39 is 0 Å². The van der Waals surface area contributed by atoms with Gasteiger partial charge in [0, 0.05) is 30.2 Å². The van der Waals surface area contributed by atoms with Crippen LogP contribution in [-0.2, 0) is 9.59 Å². The Hall–Kier alpha value is -1.53. The molecule has 2 heterocycles. The standard InChI is InChI=1S/C15H16ClN3O2S/c1-9-3-4-10(7-11(9)16)18-13(20)8-12-14(21)19-6-2-5-17-15(19)22-12/h3-4,7,12H,2,5-6,8H2,1H3,(H,18,20). The number of anilines is 1. The molecule has 0 radical (unpaired) electrons. The molecule has 1 saturated heterocycles. The largest absolute Gasteiger partial charge is 0.326 e. The first-order chi connectivity index (χ1) is 10.5. The molecule has 22 heavy (non-hydrogen) atoms. The number of carbonyl (C=O) groups excluding carboxylic acids is 2. The lowest BCUT2D eigenvalue weighted by Gasteiger charge is -2.19. The maximum atomic E-state index is 12.2. The molecule has 1 unspecified atom stereocenters. The molecule has 1 N–H and O–H groups in total. The van der Waals surface area contributed by atoms with Gasteiger partial charge in [0.1, 0.15) is 5.25 Å². The third kappa shape index (κ3) is 3.13. The lowest BCUT2D eigenvalue weighted by atomic mass is 10.2. The van der Waals surface area contributed by atoms with Crippen LogP contribution in [-0.4, -0.2) is 40.2 Å². The van der Waals surface area contributed by atoms with Gasteiger partial charge in [-0.3, -0.25) is 19.5 Å². The fourth-order valence-corrected chi connectivity index (χ4v) is 3.79. The topological polar surface area (TPSA) is 61.8 Å². The second-order valence-corrected chi connectivity index (χ2v) is 6.91. The second-order valence-electron chi connectivity index (χ2n) is 5.33. The first kappa shape index (κ1) is 15.4. The average Bonchev–Trinajstić information content (AvgIpc) is 2.80. The van der Waals surface area contributed by atoms with Gasteiger partial charge in [0.2, 0.25) is 11.8 Å². The van der Waals surface area contributed by atoms with E-state index in [0.717, 1.165) is 23.7 Å². The van der Waals surface area contributed by atoms with Crippen LogP contribution in [0.2, 0.25) is 5.02 Å². The van der Waals surface area contributed by atoms with Gasteiger partial charge in [0.05, 0.1) is 0 Å². The number of amidine groups is 1. The Morgan fingerprint density at radius 2 is 2.36 bits per heavy atom. The normalized spacial score (nSPS) is 20.6. The van der Waals surface area contributed by atoms with Crippen molar-refractivity contribution in [1.82, 2.24) is 4.90 Å². The van der Waals surface area contributed by atoms with Crippen LogP contribution in [0.15, 0.2) is 23.2 Å². The van der Waals surface area contributed by atoms with E-state index in [4.69, 9.17) is 11.6 Å². The van der Waals surface area contributed by atoms with Crippen LogP contribution in [0.1, 0.15) is 18.4 Å². The van der Waals surface area contributed by atoms with E-state index in [1.165, 1.54) is 11.8 Å². The number of nitrogens with one attached hydrogen (secondary N) is 1. The molecule has 1 aromatic carbocycles. The summed E-state index contributed by atoms with van der Waals surface area (Å²) in [4.78, 5) is 30.4. The van der Waals surface area contributed by atoms with E-state index in [1.54, 1.807) is 17.0 Å². The molecule has 2 aliphatic rings. The maximum absolute atomic E-state index is 12.2. The van der Waals surface area contributed by atoms with Gasteiger partial charge in [-0.2, -0.15) is 0 Å². The minimum absolute atomic E-state index is 0.0134. The Labute approximate surface area is 138 Å². The van der Waals surface area contributed by atoms with Crippen molar-refractivity contribution in [2.45, 2.75) is 25.0 Å². The summed E-state index contributed by atoms with van der Waals surface area (Å²) in [5.41, 5.74) is 1.60. The van der Waals surface area contributed by atoms with Crippen molar-refractivity contribution < 1.29 is 9.59 Å². The predicted molar refractivity (Wildman–Crippen MR) is 89.4 cm³/mol. The number of aryl methyl sites for hydroxylation is 1. The molecule has 0 spiro atoms. The summed E-state index contributed by atoms with van der Waals surface area (Å²) in [6.07, 6.45) is 1.03. The first-order valence-electron chi connectivity index (χ1n) is 7.13. The van der Waals surface area contributed by atoms with Crippen molar-refractivity contribution in [2.75, 3.05) is 18.4 Å². The van der Waals surface area contributed by atoms with Crippen molar-refractivity contribution in [3.63, 3.8) is 0 Å². The van der Waals surface area contributed by atoms with E-state index in [-0.39, 0.29) is 23.5 Å². The fraction of sp³-hybridized carbons (Fsp3) is 0.400. The maximum Gasteiger partial charge on any atom is 0.242 e. The number of hydrogen-bond donors (Lipinski definition) is 1. The van der Waals surface area contributed by atoms with E-state index in [0.29, 0.717) is 17.3 Å². The molecule has 0 aromatic heterocycles. The first-order valence-corrected chi connectivity index (χ1v) is 8.39. The van der Waals surface area contributed by atoms with E-state index in [1.807, 2.05) is 13.0 Å². The Morgan fingerprint density at radius 1 is 1.55 bits per heavy atom. The fourth-order valence-electron chi connectivity index (χ4n) is 2.42. The van der Waals surface area contributed by atoms with Crippen LogP contribution in [0.3, 0.4) is 0 Å². The summed E-state index contributed by atoms with van der Waals surface area (Å²) in [6.45, 7) is 3.36. The van der Waals surface area contributed by atoms with Crippen molar-refractivity contribution in [3.8, 4) is 0 Å². The molecule has 0 saturated carbocycles. The van der Waals surface area contributed by atoms with Gasteiger partial charge in [-0.15, -0.1) is 0 Å². The van der Waals surface area contributed by atoms with Crippen LogP contribution in [0.5, 0.6) is 0 Å². The van der Waals surface area contributed by atoms with Crippen molar-refractivity contribution in [3.05, 3.63) is 28.8 Å². The highest BCUT2D eigenvalue weighted by Crippen LogP contribution is 2.31. The lowest BCUT2D eigenvalue weighted by Crippen LogP contribution is -2.36. The van der Waals surface area contributed by atoms with Crippen LogP contribution in [0.4, 0.5) is 5.69 Å². The Balaban J connectivity index is 1.62. The summed E-state index contributed by atoms with van der Waals surface area (Å²) in [7, 11) is 0. The second kappa shape index (κ2) is 6.30. The van der Waals surface area contributed by atoms with Crippen LogP contribution >= 0.6 is 23.4 Å². The minimum atomic E-state index is -0.377. The number of thioether (sulfide) groups is 1. The van der Waals surface area contributed by atoms with Crippen molar-refractivity contribution >= 4 is 46.0 Å². The van der Waals surface area contributed by atoms with Gasteiger partial charge in [-0.1, -0.05) is 29.4 Å². The summed E-state index contributed by atoms with van der Waals surface area (Å²) in [5.74, 6) is -0.202. The highest BCUT2D eigenvalue weighted by Gasteiger charge is 2.39. The van der Waals surface area contributed by atoms with Gasteiger partial charge in [-0.05, 0) is 31.0 Å². The smallest absolute Gasteiger partial charge is 0.242 e. The molecule has 0 aliphatic carbocycles. The van der Waals surface area contributed by atoms with Crippen molar-refractivity contribution in [1.29, 1.82) is 0 Å². The van der Waals surface area contributed by atoms with Gasteiger partial charge in [-0.25, -0.2) is 0 Å². The zero-order valence-corrected chi connectivity index (χ0v) is 13.7. The number of carbonyl (C=O) groups is 2. The molecule has 2 amide bonds.